The van der Waals surface area contributed by atoms with Crippen LogP contribution in [0.4, 0.5) is 4.39 Å². The second-order valence-corrected chi connectivity index (χ2v) is 7.75. The van der Waals surface area contributed by atoms with Crippen LogP contribution in [0, 0.1) is 5.82 Å². The van der Waals surface area contributed by atoms with Crippen LogP contribution in [-0.4, -0.2) is 32.2 Å². The molecule has 6 nitrogen and oxygen atoms in total. The van der Waals surface area contributed by atoms with Crippen LogP contribution in [0.3, 0.4) is 0 Å². The van der Waals surface area contributed by atoms with Crippen molar-refractivity contribution in [2.45, 2.75) is 13.8 Å². The number of ether oxygens (including phenoxy) is 2. The van der Waals surface area contributed by atoms with Gasteiger partial charge in [0.05, 0.1) is 44.0 Å². The fourth-order valence-corrected chi connectivity index (χ4v) is 4.15. The lowest BCUT2D eigenvalue weighted by Gasteiger charge is -2.09. The van der Waals surface area contributed by atoms with Crippen LogP contribution in [0.25, 0.3) is 10.9 Å². The number of esters is 2. The third kappa shape index (κ3) is 4.08. The van der Waals surface area contributed by atoms with Crippen molar-refractivity contribution in [3.05, 3.63) is 63.5 Å². The topological polar surface area (TPSA) is 74.6 Å². The zero-order chi connectivity index (χ0) is 22.0. The highest BCUT2D eigenvalue weighted by molar-refractivity contribution is 9.10. The van der Waals surface area contributed by atoms with Gasteiger partial charge in [0.2, 0.25) is 0 Å². The molecule has 3 rings (SSSR count). The lowest BCUT2D eigenvalue weighted by atomic mass is 10.0. The normalized spacial score (nSPS) is 10.7. The highest BCUT2D eigenvalue weighted by atomic mass is 79.9. The molecule has 30 heavy (non-hydrogen) atoms. The number of carbonyl (C=O) groups excluding carboxylic acids is 2. The number of benzene rings is 2. The van der Waals surface area contributed by atoms with Gasteiger partial charge in [0.15, 0.2) is 0 Å². The van der Waals surface area contributed by atoms with E-state index in [1.165, 1.54) is 31.2 Å². The Bertz CT molecular complexity index is 1230. The number of nitrogens with zero attached hydrogens (tertiary/aromatic N) is 1. The van der Waals surface area contributed by atoms with E-state index in [2.05, 4.69) is 15.9 Å². The SMILES string of the molecule is CCOC(=O)c1c(C(=S=O)c2cccc(F)c2)n(C)c2cc(Br)c(OC(C)=O)cc12. The van der Waals surface area contributed by atoms with Gasteiger partial charge in [-0.3, -0.25) is 4.79 Å². The molecule has 0 unspecified atom stereocenters. The summed E-state index contributed by atoms with van der Waals surface area (Å²) in [4.78, 5) is 24.5. The molecular formula is C21H17BrFNO5S. The first-order chi connectivity index (χ1) is 14.3. The maximum Gasteiger partial charge on any atom is 0.341 e. The number of halogens is 2. The van der Waals surface area contributed by atoms with Gasteiger partial charge < -0.3 is 14.0 Å². The Balaban J connectivity index is 2.38. The molecule has 0 amide bonds. The summed E-state index contributed by atoms with van der Waals surface area (Å²) in [6.45, 7) is 3.06. The summed E-state index contributed by atoms with van der Waals surface area (Å²) >= 11 is 3.52. The van der Waals surface area contributed by atoms with Crippen LogP contribution < -0.4 is 4.74 Å². The molecular weight excluding hydrogens is 477 g/mol. The first kappa shape index (κ1) is 21.9. The van der Waals surface area contributed by atoms with Gasteiger partial charge in [0.1, 0.15) is 11.6 Å². The van der Waals surface area contributed by atoms with E-state index in [4.69, 9.17) is 9.47 Å². The number of aryl methyl sites for hydroxylation is 1. The van der Waals surface area contributed by atoms with E-state index in [9.17, 15) is 18.2 Å². The second-order valence-electron chi connectivity index (χ2n) is 6.32. The molecule has 0 saturated carbocycles. The molecule has 0 aliphatic carbocycles. The Morgan fingerprint density at radius 3 is 2.57 bits per heavy atom. The van der Waals surface area contributed by atoms with E-state index >= 15 is 0 Å². The van der Waals surface area contributed by atoms with Gasteiger partial charge in [0, 0.05) is 19.4 Å². The Labute approximate surface area is 183 Å². The van der Waals surface area contributed by atoms with Crippen LogP contribution in [0.5, 0.6) is 5.75 Å². The van der Waals surface area contributed by atoms with Crippen LogP contribution in [-0.2, 0) is 27.8 Å². The van der Waals surface area contributed by atoms with E-state index in [0.717, 1.165) is 0 Å². The Morgan fingerprint density at radius 1 is 1.23 bits per heavy atom. The van der Waals surface area contributed by atoms with E-state index in [1.807, 2.05) is 0 Å². The van der Waals surface area contributed by atoms with E-state index in [1.54, 1.807) is 30.7 Å². The first-order valence-corrected chi connectivity index (χ1v) is 10.4. The molecule has 3 aromatic rings. The summed E-state index contributed by atoms with van der Waals surface area (Å²) in [7, 11) is 1.69. The monoisotopic (exact) mass is 493 g/mol. The Kier molecular flexibility index (Phi) is 6.52. The molecule has 0 radical (unpaired) electrons. The molecule has 1 heterocycles. The van der Waals surface area contributed by atoms with Gasteiger partial charge in [-0.05, 0) is 52.7 Å². The second kappa shape index (κ2) is 8.93. The van der Waals surface area contributed by atoms with Crippen LogP contribution >= 0.6 is 15.9 Å². The summed E-state index contributed by atoms with van der Waals surface area (Å²) in [5, 5.41) is 0.438. The van der Waals surface area contributed by atoms with Gasteiger partial charge >= 0.3 is 11.9 Å². The van der Waals surface area contributed by atoms with Gasteiger partial charge in [-0.2, -0.15) is 0 Å². The summed E-state index contributed by atoms with van der Waals surface area (Å²) < 4.78 is 38.5. The zero-order valence-corrected chi connectivity index (χ0v) is 18.7. The molecule has 156 valence electrons. The number of rotatable bonds is 5. The molecule has 0 spiro atoms. The van der Waals surface area contributed by atoms with Crippen LogP contribution in [0.1, 0.15) is 35.5 Å². The standard InChI is InChI=1S/C21H17BrFNO5S/c1-4-28-21(26)18-14-9-17(29-11(2)25)15(22)10-16(14)24(3)19(18)20(30-27)12-6-5-7-13(23)8-12/h5-10H,4H2,1-3H3. The maximum atomic E-state index is 13.8. The van der Waals surface area contributed by atoms with Crippen molar-refractivity contribution >= 4 is 54.9 Å². The molecule has 0 saturated heterocycles. The average Bonchev–Trinajstić information content (AvgIpc) is 2.95. The molecule has 0 aliphatic heterocycles. The lowest BCUT2D eigenvalue weighted by Crippen LogP contribution is -2.15. The van der Waals surface area contributed by atoms with Crippen LogP contribution in [0.15, 0.2) is 40.9 Å². The Morgan fingerprint density at radius 2 is 1.97 bits per heavy atom. The molecule has 0 aliphatic rings. The molecule has 0 fully saturated rings. The van der Waals surface area contributed by atoms with Gasteiger partial charge in [-0.1, -0.05) is 12.1 Å². The highest BCUT2D eigenvalue weighted by Gasteiger charge is 2.27. The number of fused-ring (bicyclic) bond motifs is 1. The smallest absolute Gasteiger partial charge is 0.341 e. The zero-order valence-electron chi connectivity index (χ0n) is 16.3. The largest absolute Gasteiger partial charge is 0.462 e. The summed E-state index contributed by atoms with van der Waals surface area (Å²) in [5.74, 6) is -1.45. The quantitative estimate of drug-likeness (QED) is 0.232. The predicted molar refractivity (Wildman–Crippen MR) is 116 cm³/mol. The number of aromatic nitrogens is 1. The Hall–Kier alpha value is -2.78. The molecule has 0 atom stereocenters. The van der Waals surface area contributed by atoms with Gasteiger partial charge in [0.25, 0.3) is 0 Å². The van der Waals surface area contributed by atoms with Crippen LogP contribution in [0.2, 0.25) is 0 Å². The molecule has 2 aromatic carbocycles. The summed E-state index contributed by atoms with van der Waals surface area (Å²) in [6, 6.07) is 8.80. The van der Waals surface area contributed by atoms with Crippen molar-refractivity contribution in [1.29, 1.82) is 0 Å². The van der Waals surface area contributed by atoms with Crippen molar-refractivity contribution in [1.82, 2.24) is 4.57 Å². The highest BCUT2D eigenvalue weighted by Crippen LogP contribution is 2.36. The third-order valence-corrected chi connectivity index (χ3v) is 5.59. The molecule has 9 heteroatoms. The molecule has 0 bridgehead atoms. The van der Waals surface area contributed by atoms with Crippen molar-refractivity contribution in [3.8, 4) is 5.75 Å². The van der Waals surface area contributed by atoms with Gasteiger partial charge in [-0.25, -0.2) is 13.4 Å². The fraction of sp³-hybridized carbons (Fsp3) is 0.190. The molecule has 0 N–H and O–H groups in total. The summed E-state index contributed by atoms with van der Waals surface area (Å²) in [5.41, 5.74) is 1.36. The van der Waals surface area contributed by atoms with E-state index < -0.39 is 17.8 Å². The van der Waals surface area contributed by atoms with Gasteiger partial charge in [-0.15, -0.1) is 0 Å². The predicted octanol–water partition coefficient (Wildman–Crippen LogP) is 3.96. The minimum Gasteiger partial charge on any atom is -0.462 e. The maximum absolute atomic E-state index is 13.8. The number of hydrogen-bond donors (Lipinski definition) is 0. The lowest BCUT2D eigenvalue weighted by molar-refractivity contribution is -0.131. The third-order valence-electron chi connectivity index (χ3n) is 4.37. The average molecular weight is 494 g/mol. The molecule has 1 aromatic heterocycles. The van der Waals surface area contributed by atoms with E-state index in [0.29, 0.717) is 26.6 Å². The summed E-state index contributed by atoms with van der Waals surface area (Å²) in [6.07, 6.45) is 0. The van der Waals surface area contributed by atoms with Crippen molar-refractivity contribution in [2.75, 3.05) is 6.61 Å². The fourth-order valence-electron chi connectivity index (χ4n) is 3.20. The van der Waals surface area contributed by atoms with Crippen molar-refractivity contribution in [3.63, 3.8) is 0 Å². The number of hydrogen-bond acceptors (Lipinski definition) is 5. The van der Waals surface area contributed by atoms with E-state index in [-0.39, 0.29) is 34.0 Å². The van der Waals surface area contributed by atoms with Crippen molar-refractivity contribution in [2.24, 2.45) is 7.05 Å². The first-order valence-electron chi connectivity index (χ1n) is 8.89. The number of carbonyl (C=O) groups is 2. The van der Waals surface area contributed by atoms with Crippen molar-refractivity contribution < 1.29 is 27.7 Å². The minimum absolute atomic E-state index is 0.127. The minimum atomic E-state index is -0.642.